The van der Waals surface area contributed by atoms with E-state index in [-0.39, 0.29) is 11.9 Å². The second-order valence-corrected chi connectivity index (χ2v) is 6.17. The van der Waals surface area contributed by atoms with Crippen molar-refractivity contribution in [3.05, 3.63) is 55.6 Å². The van der Waals surface area contributed by atoms with Crippen LogP contribution in [0.3, 0.4) is 0 Å². The summed E-state index contributed by atoms with van der Waals surface area (Å²) in [6, 6.07) is 6.29. The summed E-state index contributed by atoms with van der Waals surface area (Å²) in [4.78, 5) is 25.6. The lowest BCUT2D eigenvalue weighted by Crippen LogP contribution is -2.36. The van der Waals surface area contributed by atoms with Crippen LogP contribution in [0.1, 0.15) is 6.42 Å². The van der Waals surface area contributed by atoms with Gasteiger partial charge in [0.05, 0.1) is 11.9 Å². The van der Waals surface area contributed by atoms with Gasteiger partial charge in [0.2, 0.25) is 5.91 Å². The number of carbonyl (C=O) groups is 1. The standard InChI is InChI=1S/C19H19N5O/c1-2-18(25)23-14-5-8-24(12-14)15-9-16-17(11-22-19(16)21-10-15)13-3-6-20-7-4-13/h2-4,6-7,9-11,14H,1,5,8,12H2,(H,21,22)(H,23,25). The Hall–Kier alpha value is -3.15. The predicted molar refractivity (Wildman–Crippen MR) is 98.3 cm³/mol. The predicted octanol–water partition coefficient (Wildman–Crippen LogP) is 2.51. The fourth-order valence-electron chi connectivity index (χ4n) is 3.31. The molecule has 0 spiro atoms. The lowest BCUT2D eigenvalue weighted by Gasteiger charge is -2.18. The van der Waals surface area contributed by atoms with Gasteiger partial charge in [-0.2, -0.15) is 0 Å². The third-order valence-electron chi connectivity index (χ3n) is 4.59. The highest BCUT2D eigenvalue weighted by atomic mass is 16.1. The maximum absolute atomic E-state index is 11.5. The molecule has 4 rings (SSSR count). The van der Waals surface area contributed by atoms with E-state index in [1.807, 2.05) is 24.5 Å². The summed E-state index contributed by atoms with van der Waals surface area (Å²) in [5.41, 5.74) is 4.16. The molecule has 3 aromatic heterocycles. The van der Waals surface area contributed by atoms with E-state index >= 15 is 0 Å². The molecular formula is C19H19N5O. The van der Waals surface area contributed by atoms with Gasteiger partial charge in [0.25, 0.3) is 0 Å². The smallest absolute Gasteiger partial charge is 0.243 e. The van der Waals surface area contributed by atoms with Gasteiger partial charge in [-0.05, 0) is 36.3 Å². The van der Waals surface area contributed by atoms with Crippen LogP contribution in [0.2, 0.25) is 0 Å². The van der Waals surface area contributed by atoms with E-state index < -0.39 is 0 Å². The summed E-state index contributed by atoms with van der Waals surface area (Å²) >= 11 is 0. The van der Waals surface area contributed by atoms with Crippen LogP contribution in [0.25, 0.3) is 22.2 Å². The number of pyridine rings is 2. The highest BCUT2D eigenvalue weighted by Gasteiger charge is 2.24. The molecule has 0 aromatic carbocycles. The third kappa shape index (κ3) is 2.98. The van der Waals surface area contributed by atoms with Gasteiger partial charge < -0.3 is 15.2 Å². The molecule has 1 aliphatic rings. The summed E-state index contributed by atoms with van der Waals surface area (Å²) in [6.45, 7) is 5.18. The first-order valence-corrected chi connectivity index (χ1v) is 8.30. The number of nitrogens with one attached hydrogen (secondary N) is 2. The zero-order chi connectivity index (χ0) is 17.2. The van der Waals surface area contributed by atoms with Crippen molar-refractivity contribution in [3.8, 4) is 11.1 Å². The average Bonchev–Trinajstić information content (AvgIpc) is 3.28. The van der Waals surface area contributed by atoms with Crippen LogP contribution < -0.4 is 10.2 Å². The summed E-state index contributed by atoms with van der Waals surface area (Å²) < 4.78 is 0. The molecule has 1 fully saturated rings. The molecule has 1 aliphatic heterocycles. The first-order valence-electron chi connectivity index (χ1n) is 8.30. The Morgan fingerprint density at radius 2 is 2.24 bits per heavy atom. The summed E-state index contributed by atoms with van der Waals surface area (Å²) in [5.74, 6) is -0.119. The monoisotopic (exact) mass is 333 g/mol. The van der Waals surface area contributed by atoms with E-state index in [1.165, 1.54) is 6.08 Å². The van der Waals surface area contributed by atoms with E-state index in [0.717, 1.165) is 47.4 Å². The maximum atomic E-state index is 11.5. The van der Waals surface area contributed by atoms with Crippen molar-refractivity contribution < 1.29 is 4.79 Å². The quantitative estimate of drug-likeness (QED) is 0.720. The Labute approximate surface area is 145 Å². The van der Waals surface area contributed by atoms with Crippen molar-refractivity contribution in [2.24, 2.45) is 0 Å². The first-order chi connectivity index (χ1) is 12.2. The fourth-order valence-corrected chi connectivity index (χ4v) is 3.31. The van der Waals surface area contributed by atoms with Gasteiger partial charge in [0, 0.05) is 48.7 Å². The van der Waals surface area contributed by atoms with Gasteiger partial charge in [-0.1, -0.05) is 6.58 Å². The maximum Gasteiger partial charge on any atom is 0.243 e. The Balaban J connectivity index is 1.61. The number of anilines is 1. The van der Waals surface area contributed by atoms with Crippen molar-refractivity contribution in [2.45, 2.75) is 12.5 Å². The van der Waals surface area contributed by atoms with E-state index in [0.29, 0.717) is 0 Å². The molecule has 126 valence electrons. The molecule has 6 heteroatoms. The number of nitrogens with zero attached hydrogens (tertiary/aromatic N) is 3. The van der Waals surface area contributed by atoms with Gasteiger partial charge in [0.1, 0.15) is 5.65 Å². The Bertz CT molecular complexity index is 918. The number of amides is 1. The summed E-state index contributed by atoms with van der Waals surface area (Å²) in [5, 5.41) is 4.05. The molecule has 1 atom stereocenters. The van der Waals surface area contributed by atoms with Gasteiger partial charge in [0.15, 0.2) is 0 Å². The molecule has 1 amide bonds. The van der Waals surface area contributed by atoms with E-state index in [4.69, 9.17) is 0 Å². The number of aromatic nitrogens is 3. The average molecular weight is 333 g/mol. The molecule has 6 nitrogen and oxygen atoms in total. The zero-order valence-electron chi connectivity index (χ0n) is 13.8. The van der Waals surface area contributed by atoms with Crippen LogP contribution in [0.4, 0.5) is 5.69 Å². The number of fused-ring (bicyclic) bond motifs is 1. The van der Waals surface area contributed by atoms with E-state index in [2.05, 4.69) is 37.8 Å². The largest absolute Gasteiger partial charge is 0.368 e. The molecule has 1 unspecified atom stereocenters. The van der Waals surface area contributed by atoms with Gasteiger partial charge in [-0.3, -0.25) is 9.78 Å². The number of carbonyl (C=O) groups excluding carboxylic acids is 1. The fraction of sp³-hybridized carbons (Fsp3) is 0.211. The van der Waals surface area contributed by atoms with Gasteiger partial charge in [-0.15, -0.1) is 0 Å². The normalized spacial score (nSPS) is 17.0. The summed E-state index contributed by atoms with van der Waals surface area (Å²) in [7, 11) is 0. The highest BCUT2D eigenvalue weighted by molar-refractivity contribution is 5.95. The van der Waals surface area contributed by atoms with Crippen molar-refractivity contribution in [1.29, 1.82) is 0 Å². The molecule has 0 bridgehead atoms. The van der Waals surface area contributed by atoms with Crippen LogP contribution in [0.5, 0.6) is 0 Å². The second kappa shape index (κ2) is 6.39. The molecule has 0 aliphatic carbocycles. The number of aromatic amines is 1. The van der Waals surface area contributed by atoms with E-state index in [1.54, 1.807) is 12.4 Å². The van der Waals surface area contributed by atoms with Crippen LogP contribution in [-0.2, 0) is 4.79 Å². The molecular weight excluding hydrogens is 314 g/mol. The van der Waals surface area contributed by atoms with Crippen molar-refractivity contribution >= 4 is 22.6 Å². The van der Waals surface area contributed by atoms with Crippen molar-refractivity contribution in [3.63, 3.8) is 0 Å². The van der Waals surface area contributed by atoms with Crippen LogP contribution in [0, 0.1) is 0 Å². The Kier molecular flexibility index (Phi) is 3.93. The summed E-state index contributed by atoms with van der Waals surface area (Å²) in [6.07, 6.45) is 9.68. The molecule has 4 heterocycles. The van der Waals surface area contributed by atoms with Crippen LogP contribution >= 0.6 is 0 Å². The minimum absolute atomic E-state index is 0.119. The number of hydrogen-bond acceptors (Lipinski definition) is 4. The Morgan fingerprint density at radius 3 is 3.04 bits per heavy atom. The molecule has 0 radical (unpaired) electrons. The van der Waals surface area contributed by atoms with Crippen molar-refractivity contribution in [2.75, 3.05) is 18.0 Å². The molecule has 25 heavy (non-hydrogen) atoms. The lowest BCUT2D eigenvalue weighted by molar-refractivity contribution is -0.117. The molecule has 3 aromatic rings. The minimum Gasteiger partial charge on any atom is -0.368 e. The van der Waals surface area contributed by atoms with Crippen LogP contribution in [-0.4, -0.2) is 40.0 Å². The second-order valence-electron chi connectivity index (χ2n) is 6.17. The zero-order valence-corrected chi connectivity index (χ0v) is 13.8. The molecule has 2 N–H and O–H groups in total. The van der Waals surface area contributed by atoms with E-state index in [9.17, 15) is 4.79 Å². The minimum atomic E-state index is -0.119. The SMILES string of the molecule is C=CC(=O)NC1CCN(c2cnc3[nH]cc(-c4ccncc4)c3c2)C1. The molecule has 0 saturated carbocycles. The van der Waals surface area contributed by atoms with Gasteiger partial charge >= 0.3 is 0 Å². The number of H-pyrrole nitrogens is 1. The lowest BCUT2D eigenvalue weighted by atomic mass is 10.1. The Morgan fingerprint density at radius 1 is 1.40 bits per heavy atom. The first kappa shape index (κ1) is 15.4. The number of rotatable bonds is 4. The number of hydrogen-bond donors (Lipinski definition) is 2. The highest BCUT2D eigenvalue weighted by Crippen LogP contribution is 2.31. The van der Waals surface area contributed by atoms with Crippen molar-refractivity contribution in [1.82, 2.24) is 20.3 Å². The topological polar surface area (TPSA) is 73.9 Å². The van der Waals surface area contributed by atoms with Gasteiger partial charge in [-0.25, -0.2) is 4.98 Å². The third-order valence-corrected chi connectivity index (χ3v) is 4.59. The molecule has 1 saturated heterocycles. The van der Waals surface area contributed by atoms with Crippen LogP contribution in [0.15, 0.2) is 55.6 Å².